The van der Waals surface area contributed by atoms with Crippen LogP contribution in [-0.4, -0.2) is 19.7 Å². The molecule has 0 aliphatic rings. The molecule has 6 heteroatoms. The second kappa shape index (κ2) is 3.88. The minimum absolute atomic E-state index is 0.860. The zero-order valence-corrected chi connectivity index (χ0v) is 10.1. The van der Waals surface area contributed by atoms with Crippen molar-refractivity contribution in [2.45, 2.75) is 9.50 Å². The van der Waals surface area contributed by atoms with Crippen molar-refractivity contribution >= 4 is 33.3 Å². The molecule has 0 spiro atoms. The van der Waals surface area contributed by atoms with Crippen LogP contribution in [0, 0.1) is 0 Å². The molecule has 0 radical (unpaired) electrons. The Bertz CT molecular complexity index is 595. The summed E-state index contributed by atoms with van der Waals surface area (Å²) in [5, 5.41) is 8.72. The van der Waals surface area contributed by atoms with Crippen LogP contribution < -0.4 is 0 Å². The van der Waals surface area contributed by atoms with Crippen molar-refractivity contribution in [2.24, 2.45) is 7.05 Å². The summed E-state index contributed by atoms with van der Waals surface area (Å²) in [5.74, 6) is 0. The zero-order chi connectivity index (χ0) is 11.0. The number of rotatable bonds is 2. The van der Waals surface area contributed by atoms with E-state index in [0.717, 1.165) is 15.0 Å². The monoisotopic (exact) mass is 248 g/mol. The maximum atomic E-state index is 4.53. The van der Waals surface area contributed by atoms with E-state index in [-0.39, 0.29) is 0 Å². The molecule has 0 saturated heterocycles. The van der Waals surface area contributed by atoms with Crippen molar-refractivity contribution in [3.8, 4) is 0 Å². The molecule has 3 aromatic rings. The first-order valence-electron chi connectivity index (χ1n) is 4.70. The van der Waals surface area contributed by atoms with Crippen LogP contribution in [0.5, 0.6) is 0 Å². The first-order chi connectivity index (χ1) is 7.83. The summed E-state index contributed by atoms with van der Waals surface area (Å²) in [6, 6.07) is 8.12. The first kappa shape index (κ1) is 9.80. The standard InChI is InChI=1S/C10H8N4S2/c1-14-6-11-13-9(14)16-10-12-7-4-2-3-5-8(7)15-10/h2-6H,1H3. The first-order valence-corrected chi connectivity index (χ1v) is 6.33. The third-order valence-corrected chi connectivity index (χ3v) is 4.27. The Morgan fingerprint density at radius 1 is 1.31 bits per heavy atom. The normalized spacial score (nSPS) is 11.1. The maximum absolute atomic E-state index is 4.53. The molecule has 4 nitrogen and oxygen atoms in total. The molecule has 0 bridgehead atoms. The van der Waals surface area contributed by atoms with Gasteiger partial charge in [0.05, 0.1) is 10.2 Å². The Morgan fingerprint density at radius 2 is 2.19 bits per heavy atom. The molecular formula is C10H8N4S2. The second-order valence-electron chi connectivity index (χ2n) is 3.27. The summed E-state index contributed by atoms with van der Waals surface area (Å²) in [6.07, 6.45) is 1.69. The Labute approximate surface area is 100 Å². The molecule has 0 aliphatic carbocycles. The molecule has 3 rings (SSSR count). The Morgan fingerprint density at radius 3 is 2.94 bits per heavy atom. The highest BCUT2D eigenvalue weighted by molar-refractivity contribution is 8.01. The van der Waals surface area contributed by atoms with Gasteiger partial charge in [-0.3, -0.25) is 0 Å². The van der Waals surface area contributed by atoms with Crippen molar-refractivity contribution in [3.05, 3.63) is 30.6 Å². The zero-order valence-electron chi connectivity index (χ0n) is 8.49. The van der Waals surface area contributed by atoms with E-state index in [1.807, 2.05) is 29.8 Å². The van der Waals surface area contributed by atoms with Gasteiger partial charge in [0.15, 0.2) is 9.50 Å². The third-order valence-electron chi connectivity index (χ3n) is 2.12. The summed E-state index contributed by atoms with van der Waals surface area (Å²) >= 11 is 3.22. The molecule has 0 amide bonds. The van der Waals surface area contributed by atoms with E-state index in [4.69, 9.17) is 0 Å². The van der Waals surface area contributed by atoms with Crippen molar-refractivity contribution < 1.29 is 0 Å². The number of aromatic nitrogens is 4. The van der Waals surface area contributed by atoms with Gasteiger partial charge in [0, 0.05) is 7.05 Å². The van der Waals surface area contributed by atoms with Crippen LogP contribution in [0.15, 0.2) is 40.1 Å². The van der Waals surface area contributed by atoms with Gasteiger partial charge < -0.3 is 4.57 Å². The molecular weight excluding hydrogens is 240 g/mol. The number of para-hydroxylation sites is 1. The predicted molar refractivity (Wildman–Crippen MR) is 64.7 cm³/mol. The van der Waals surface area contributed by atoms with Gasteiger partial charge in [-0.05, 0) is 23.9 Å². The van der Waals surface area contributed by atoms with Crippen LogP contribution in [-0.2, 0) is 7.05 Å². The maximum Gasteiger partial charge on any atom is 0.197 e. The highest BCUT2D eigenvalue weighted by Crippen LogP contribution is 2.32. The van der Waals surface area contributed by atoms with Gasteiger partial charge in [0.2, 0.25) is 0 Å². The van der Waals surface area contributed by atoms with E-state index in [2.05, 4.69) is 21.2 Å². The van der Waals surface area contributed by atoms with Gasteiger partial charge in [-0.1, -0.05) is 12.1 Å². The number of fused-ring (bicyclic) bond motifs is 1. The van der Waals surface area contributed by atoms with Crippen molar-refractivity contribution in [2.75, 3.05) is 0 Å². The Hall–Kier alpha value is -1.40. The second-order valence-corrected chi connectivity index (χ2v) is 5.52. The summed E-state index contributed by atoms with van der Waals surface area (Å²) < 4.78 is 4.08. The number of thiazole rings is 1. The quantitative estimate of drug-likeness (QED) is 0.699. The van der Waals surface area contributed by atoms with Crippen LogP contribution in [0.25, 0.3) is 10.2 Å². The number of benzene rings is 1. The number of aryl methyl sites for hydroxylation is 1. The molecule has 0 saturated carbocycles. The largest absolute Gasteiger partial charge is 0.311 e. The van der Waals surface area contributed by atoms with Gasteiger partial charge in [-0.25, -0.2) is 4.98 Å². The summed E-state index contributed by atoms with van der Waals surface area (Å²) in [6.45, 7) is 0. The van der Waals surface area contributed by atoms with Crippen LogP contribution in [0.2, 0.25) is 0 Å². The van der Waals surface area contributed by atoms with E-state index in [0.29, 0.717) is 0 Å². The molecule has 0 aliphatic heterocycles. The number of nitrogens with zero attached hydrogens (tertiary/aromatic N) is 4. The highest BCUT2D eigenvalue weighted by atomic mass is 32.2. The molecule has 2 aromatic heterocycles. The van der Waals surface area contributed by atoms with Crippen LogP contribution in [0.3, 0.4) is 0 Å². The number of hydrogen-bond acceptors (Lipinski definition) is 5. The average Bonchev–Trinajstić information content (AvgIpc) is 2.85. The lowest BCUT2D eigenvalue weighted by Gasteiger charge is -1.94. The fourth-order valence-electron chi connectivity index (χ4n) is 1.34. The number of hydrogen-bond donors (Lipinski definition) is 0. The lowest BCUT2D eigenvalue weighted by atomic mass is 10.3. The molecule has 16 heavy (non-hydrogen) atoms. The fraction of sp³-hybridized carbons (Fsp3) is 0.100. The van der Waals surface area contributed by atoms with E-state index < -0.39 is 0 Å². The van der Waals surface area contributed by atoms with E-state index >= 15 is 0 Å². The van der Waals surface area contributed by atoms with Crippen molar-refractivity contribution in [1.82, 2.24) is 19.7 Å². The van der Waals surface area contributed by atoms with Gasteiger partial charge >= 0.3 is 0 Å². The SMILES string of the molecule is Cn1cnnc1Sc1nc2ccccc2s1. The van der Waals surface area contributed by atoms with Gasteiger partial charge in [-0.15, -0.1) is 21.5 Å². The molecule has 1 aromatic carbocycles. The Balaban J connectivity index is 1.98. The fourth-order valence-corrected chi connectivity index (χ4v) is 3.27. The minimum atomic E-state index is 0.860. The predicted octanol–water partition coefficient (Wildman–Crippen LogP) is 2.58. The van der Waals surface area contributed by atoms with E-state index in [1.54, 1.807) is 29.4 Å². The highest BCUT2D eigenvalue weighted by Gasteiger charge is 2.08. The van der Waals surface area contributed by atoms with Crippen LogP contribution in [0.1, 0.15) is 0 Å². The van der Waals surface area contributed by atoms with Crippen LogP contribution in [0.4, 0.5) is 0 Å². The minimum Gasteiger partial charge on any atom is -0.311 e. The van der Waals surface area contributed by atoms with Crippen LogP contribution >= 0.6 is 23.1 Å². The van der Waals surface area contributed by atoms with Crippen molar-refractivity contribution in [3.63, 3.8) is 0 Å². The molecule has 2 heterocycles. The van der Waals surface area contributed by atoms with Crippen molar-refractivity contribution in [1.29, 1.82) is 0 Å². The molecule has 0 N–H and O–H groups in total. The lowest BCUT2D eigenvalue weighted by molar-refractivity contribution is 0.788. The summed E-state index contributed by atoms with van der Waals surface area (Å²) in [5.41, 5.74) is 1.04. The van der Waals surface area contributed by atoms with Gasteiger partial charge in [0.1, 0.15) is 6.33 Å². The molecule has 80 valence electrons. The lowest BCUT2D eigenvalue weighted by Crippen LogP contribution is -1.87. The van der Waals surface area contributed by atoms with E-state index in [9.17, 15) is 0 Å². The third kappa shape index (κ3) is 1.70. The molecule has 0 atom stereocenters. The topological polar surface area (TPSA) is 43.6 Å². The van der Waals surface area contributed by atoms with E-state index in [1.165, 1.54) is 4.70 Å². The smallest absolute Gasteiger partial charge is 0.197 e. The van der Waals surface area contributed by atoms with Gasteiger partial charge in [0.25, 0.3) is 0 Å². The molecule has 0 fully saturated rings. The Kier molecular flexibility index (Phi) is 2.37. The molecule has 0 unspecified atom stereocenters. The summed E-state index contributed by atoms with van der Waals surface area (Å²) in [4.78, 5) is 4.53. The summed E-state index contributed by atoms with van der Waals surface area (Å²) in [7, 11) is 1.93. The van der Waals surface area contributed by atoms with Gasteiger partial charge in [-0.2, -0.15) is 0 Å². The average molecular weight is 248 g/mol.